The van der Waals surface area contributed by atoms with Crippen LogP contribution in [-0.2, 0) is 51.1 Å². The molecule has 3 heterocycles. The molecular formula is C39H36IrN3O6. The van der Waals surface area contributed by atoms with E-state index in [1.54, 1.807) is 110 Å². The van der Waals surface area contributed by atoms with E-state index in [4.69, 9.17) is 0 Å². The molecule has 3 unspecified atom stereocenters. The van der Waals surface area contributed by atoms with Gasteiger partial charge >= 0.3 is 20.1 Å². The largest absolute Gasteiger partial charge is 3.00 e. The van der Waals surface area contributed by atoms with Crippen molar-refractivity contribution in [1.82, 2.24) is 16.0 Å². The van der Waals surface area contributed by atoms with Crippen molar-refractivity contribution < 1.29 is 49.8 Å². The Kier molecular flexibility index (Phi) is 12.9. The topological polar surface area (TPSA) is 156 Å². The number of benzene rings is 3. The summed E-state index contributed by atoms with van der Waals surface area (Å²) in [6.07, 6.45) is 19.9. The van der Waals surface area contributed by atoms with E-state index in [0.717, 1.165) is 16.7 Å². The molecule has 0 amide bonds. The molecule has 10 heteroatoms. The Bertz CT molecular complexity index is 1600. The molecule has 3 aliphatic rings. The van der Waals surface area contributed by atoms with Crippen LogP contribution in [0.2, 0.25) is 0 Å². The third-order valence-electron chi connectivity index (χ3n) is 8.08. The van der Waals surface area contributed by atoms with Crippen molar-refractivity contribution in [2.45, 2.75) is 37.4 Å². The summed E-state index contributed by atoms with van der Waals surface area (Å²) in [6.45, 7) is 5.87. The number of allylic oxidation sites excluding steroid dienone is 6. The van der Waals surface area contributed by atoms with Crippen LogP contribution in [-0.4, -0.2) is 17.9 Å². The number of hydrogen-bond donors (Lipinski definition) is 3. The van der Waals surface area contributed by atoms with Crippen LogP contribution < -0.4 is 31.3 Å². The Morgan fingerprint density at radius 1 is 0.429 bits per heavy atom. The first-order chi connectivity index (χ1) is 22.9. The molecule has 3 aromatic rings. The van der Waals surface area contributed by atoms with Gasteiger partial charge in [0.25, 0.3) is 0 Å². The molecule has 0 aliphatic carbocycles. The quantitative estimate of drug-likeness (QED) is 0.338. The Labute approximate surface area is 299 Å². The van der Waals surface area contributed by atoms with Crippen LogP contribution in [0.1, 0.15) is 33.4 Å². The smallest absolute Gasteiger partial charge is 0.547 e. The molecule has 3 N–H and O–H groups in total. The van der Waals surface area contributed by atoms with E-state index in [1.165, 1.54) is 0 Å². The Morgan fingerprint density at radius 3 is 0.816 bits per heavy atom. The second-order valence-corrected chi connectivity index (χ2v) is 11.5. The SMILES string of the molecule is Cc1ccc(C2(C(=O)[O-])C=CC=CN2)cc1.Cc1ccc(C2(C(=O)[O-])C=CC=CN2)cc1.Cc1ccc(C2(C(=O)[O-])C=CC=CN2)cc1.[Ir+3]. The number of dihydropyridines is 3. The zero-order chi connectivity index (χ0) is 34.8. The van der Waals surface area contributed by atoms with Crippen molar-refractivity contribution in [3.8, 4) is 0 Å². The second-order valence-electron chi connectivity index (χ2n) is 11.5. The third-order valence-corrected chi connectivity index (χ3v) is 8.08. The van der Waals surface area contributed by atoms with Crippen LogP contribution in [0.5, 0.6) is 0 Å². The van der Waals surface area contributed by atoms with Crippen molar-refractivity contribution in [3.63, 3.8) is 0 Å². The number of hydrogen-bond acceptors (Lipinski definition) is 9. The van der Waals surface area contributed by atoms with Gasteiger partial charge in [-0.05, 0) is 92.5 Å². The number of rotatable bonds is 6. The third kappa shape index (κ3) is 8.54. The summed E-state index contributed by atoms with van der Waals surface area (Å²) >= 11 is 0. The number of carboxylic acid groups (broad SMARTS) is 3. The number of carboxylic acids is 3. The predicted molar refractivity (Wildman–Crippen MR) is 178 cm³/mol. The van der Waals surface area contributed by atoms with Gasteiger partial charge in [-0.25, -0.2) is 0 Å². The van der Waals surface area contributed by atoms with E-state index in [0.29, 0.717) is 16.7 Å². The van der Waals surface area contributed by atoms with Gasteiger partial charge in [-0.3, -0.25) is 0 Å². The molecule has 252 valence electrons. The average molecular weight is 835 g/mol. The van der Waals surface area contributed by atoms with Crippen molar-refractivity contribution in [1.29, 1.82) is 0 Å². The zero-order valence-electron chi connectivity index (χ0n) is 27.1. The van der Waals surface area contributed by atoms with Gasteiger partial charge in [0.15, 0.2) is 0 Å². The fraction of sp³-hybridized carbons (Fsp3) is 0.154. The van der Waals surface area contributed by atoms with Crippen molar-refractivity contribution in [3.05, 3.63) is 179 Å². The van der Waals surface area contributed by atoms with Gasteiger partial charge in [0.05, 0.1) is 17.9 Å². The first-order valence-electron chi connectivity index (χ1n) is 15.2. The van der Waals surface area contributed by atoms with E-state index in [-0.39, 0.29) is 20.1 Å². The first kappa shape index (κ1) is 38.0. The summed E-state index contributed by atoms with van der Waals surface area (Å²) in [4.78, 5) is 33.9. The number of aliphatic carboxylic acids is 3. The molecular weight excluding hydrogens is 799 g/mol. The van der Waals surface area contributed by atoms with E-state index < -0.39 is 34.5 Å². The molecule has 3 atom stereocenters. The minimum atomic E-state index is -1.25. The summed E-state index contributed by atoms with van der Waals surface area (Å²) in [5.41, 5.74) is 1.52. The fourth-order valence-electron chi connectivity index (χ4n) is 5.17. The van der Waals surface area contributed by atoms with Crippen LogP contribution >= 0.6 is 0 Å². The molecule has 0 fully saturated rings. The van der Waals surface area contributed by atoms with Gasteiger partial charge in [0.2, 0.25) is 0 Å². The maximum atomic E-state index is 11.3. The summed E-state index contributed by atoms with van der Waals surface area (Å²) in [7, 11) is 0. The first-order valence-corrected chi connectivity index (χ1v) is 15.2. The molecule has 0 spiro atoms. The Hall–Kier alpha value is -5.44. The zero-order valence-corrected chi connectivity index (χ0v) is 29.5. The predicted octanol–water partition coefficient (Wildman–Crippen LogP) is 1.84. The summed E-state index contributed by atoms with van der Waals surface area (Å²) in [5.74, 6) is -3.47. The molecule has 0 saturated carbocycles. The van der Waals surface area contributed by atoms with Gasteiger partial charge in [-0.2, -0.15) is 0 Å². The van der Waals surface area contributed by atoms with Crippen LogP contribution in [0.4, 0.5) is 0 Å². The second kappa shape index (κ2) is 16.6. The molecule has 0 radical (unpaired) electrons. The van der Waals surface area contributed by atoms with Crippen LogP contribution in [0, 0.1) is 20.8 Å². The monoisotopic (exact) mass is 835 g/mol. The molecule has 0 aromatic heterocycles. The van der Waals surface area contributed by atoms with Gasteiger partial charge < -0.3 is 45.7 Å². The van der Waals surface area contributed by atoms with E-state index >= 15 is 0 Å². The minimum absolute atomic E-state index is 0. The van der Waals surface area contributed by atoms with Crippen LogP contribution in [0.25, 0.3) is 0 Å². The van der Waals surface area contributed by atoms with Crippen molar-refractivity contribution in [2.75, 3.05) is 0 Å². The number of aryl methyl sites for hydroxylation is 3. The normalized spacial score (nSPS) is 22.3. The molecule has 3 aromatic carbocycles. The van der Waals surface area contributed by atoms with Crippen LogP contribution in [0.15, 0.2) is 146 Å². The van der Waals surface area contributed by atoms with E-state index in [1.807, 2.05) is 57.2 Å². The van der Waals surface area contributed by atoms with E-state index in [2.05, 4.69) is 16.0 Å². The summed E-state index contributed by atoms with van der Waals surface area (Å²) in [6, 6.07) is 22.1. The molecule has 9 nitrogen and oxygen atoms in total. The number of nitrogens with one attached hydrogen (secondary N) is 3. The Morgan fingerprint density at radius 2 is 0.653 bits per heavy atom. The summed E-state index contributed by atoms with van der Waals surface area (Å²) < 4.78 is 0. The minimum Gasteiger partial charge on any atom is -0.547 e. The van der Waals surface area contributed by atoms with Gasteiger partial charge in [0.1, 0.15) is 16.6 Å². The van der Waals surface area contributed by atoms with Gasteiger partial charge in [-0.1, -0.05) is 108 Å². The molecule has 0 saturated heterocycles. The molecule has 49 heavy (non-hydrogen) atoms. The van der Waals surface area contributed by atoms with Crippen LogP contribution in [0.3, 0.4) is 0 Å². The maximum Gasteiger partial charge on any atom is 3.00 e. The van der Waals surface area contributed by atoms with Gasteiger partial charge in [-0.15, -0.1) is 0 Å². The number of carbonyl (C=O) groups excluding carboxylic acids is 3. The molecule has 0 bridgehead atoms. The fourth-order valence-corrected chi connectivity index (χ4v) is 5.17. The maximum absolute atomic E-state index is 11.3. The Balaban J connectivity index is 0.000000197. The average Bonchev–Trinajstić information content (AvgIpc) is 3.10. The van der Waals surface area contributed by atoms with E-state index in [9.17, 15) is 29.7 Å². The van der Waals surface area contributed by atoms with Crippen molar-refractivity contribution >= 4 is 17.9 Å². The molecule has 3 aliphatic heterocycles. The van der Waals surface area contributed by atoms with Crippen molar-refractivity contribution in [2.24, 2.45) is 0 Å². The standard InChI is InChI=1S/3C13H13NO2.Ir/c3*1-10-4-6-11(7-5-10)13(12(15)16)8-2-3-9-14-13;/h3*2-9,14H,1H3,(H,15,16);/q;;;+3/p-3. The van der Waals surface area contributed by atoms with Gasteiger partial charge in [0, 0.05) is 0 Å². The number of carbonyl (C=O) groups is 3. The molecule has 6 rings (SSSR count). The summed E-state index contributed by atoms with van der Waals surface area (Å²) in [5, 5.41) is 42.4.